The lowest BCUT2D eigenvalue weighted by Crippen LogP contribution is -2.07. The van der Waals surface area contributed by atoms with Gasteiger partial charge in [-0.3, -0.25) is 0 Å². The van der Waals surface area contributed by atoms with Crippen molar-refractivity contribution < 1.29 is 24.0 Å². The molecule has 0 N–H and O–H groups in total. The van der Waals surface area contributed by atoms with Gasteiger partial charge in [-0.05, 0) is 31.5 Å². The first-order valence-electron chi connectivity index (χ1n) is 6.73. The maximum atomic E-state index is 5.81. The van der Waals surface area contributed by atoms with Crippen molar-refractivity contribution in [3.05, 3.63) is 29.3 Å². The van der Waals surface area contributed by atoms with Crippen LogP contribution in [0, 0.1) is 6.92 Å². The van der Waals surface area contributed by atoms with Crippen molar-refractivity contribution in [2.75, 3.05) is 19.8 Å². The van der Waals surface area contributed by atoms with E-state index in [0.29, 0.717) is 13.2 Å². The van der Waals surface area contributed by atoms with Gasteiger partial charge in [-0.25, -0.2) is 0 Å². The molecule has 0 radical (unpaired) electrons. The highest BCUT2D eigenvalue weighted by atomic mass is 17.4. The Morgan fingerprint density at radius 1 is 1.20 bits per heavy atom. The average molecular weight is 278 g/mol. The number of aryl methyl sites for hydroxylation is 1. The molecule has 2 aliphatic heterocycles. The fourth-order valence-corrected chi connectivity index (χ4v) is 1.87. The molecule has 0 amide bonds. The van der Waals surface area contributed by atoms with Crippen LogP contribution >= 0.6 is 0 Å². The van der Waals surface area contributed by atoms with Gasteiger partial charge in [0, 0.05) is 5.56 Å². The Morgan fingerprint density at radius 2 is 1.95 bits per heavy atom. The molecule has 108 valence electrons. The predicted molar refractivity (Wildman–Crippen MR) is 72.6 cm³/mol. The van der Waals surface area contributed by atoms with Crippen molar-refractivity contribution in [3.63, 3.8) is 0 Å². The van der Waals surface area contributed by atoms with E-state index in [-0.39, 0.29) is 12.4 Å². The number of benzene rings is 1. The van der Waals surface area contributed by atoms with Crippen LogP contribution in [-0.4, -0.2) is 32.2 Å². The minimum Gasteiger partial charge on any atom is -0.490 e. The number of ether oxygens (including phenoxy) is 3. The van der Waals surface area contributed by atoms with Gasteiger partial charge in [0.15, 0.2) is 0 Å². The lowest BCUT2D eigenvalue weighted by Gasteiger charge is -2.13. The van der Waals surface area contributed by atoms with E-state index in [0.717, 1.165) is 29.2 Å². The summed E-state index contributed by atoms with van der Waals surface area (Å²) < 4.78 is 16.6. The fraction of sp³-hybridized carbons (Fsp3) is 0.467. The molecule has 5 heteroatoms. The van der Waals surface area contributed by atoms with Crippen molar-refractivity contribution in [1.29, 1.82) is 0 Å². The molecule has 2 aliphatic rings. The smallest absolute Gasteiger partial charge is 0.258 e. The zero-order valence-electron chi connectivity index (χ0n) is 11.6. The molecule has 0 spiro atoms. The van der Waals surface area contributed by atoms with E-state index >= 15 is 0 Å². The summed E-state index contributed by atoms with van der Waals surface area (Å²) in [7, 11) is 0. The zero-order chi connectivity index (χ0) is 13.9. The highest BCUT2D eigenvalue weighted by Crippen LogP contribution is 2.31. The highest BCUT2D eigenvalue weighted by molar-refractivity contribution is 5.61. The second-order valence-corrected chi connectivity index (χ2v) is 4.85. The molecule has 1 unspecified atom stereocenters. The maximum absolute atomic E-state index is 5.81. The summed E-state index contributed by atoms with van der Waals surface area (Å²) in [6.45, 7) is 5.74. The van der Waals surface area contributed by atoms with Gasteiger partial charge in [0.2, 0.25) is 0 Å². The Hall–Kier alpha value is -1.56. The van der Waals surface area contributed by atoms with E-state index in [1.54, 1.807) is 0 Å². The lowest BCUT2D eigenvalue weighted by atomic mass is 10.1. The van der Waals surface area contributed by atoms with Crippen LogP contribution < -0.4 is 9.47 Å². The molecule has 1 aromatic carbocycles. The molecule has 0 aliphatic carbocycles. The van der Waals surface area contributed by atoms with Crippen molar-refractivity contribution in [2.24, 2.45) is 0 Å². The molecule has 2 saturated heterocycles. The quantitative estimate of drug-likeness (QED) is 0.566. The van der Waals surface area contributed by atoms with Gasteiger partial charge in [-0.2, -0.15) is 9.78 Å². The SMILES string of the molecule is C/C=C/c1cc(OCC2OO2)c(C)cc1OCC1CO1. The Kier molecular flexibility index (Phi) is 3.91. The number of allylic oxidation sites excluding steroid dienone is 1. The third-order valence-corrected chi connectivity index (χ3v) is 3.09. The maximum Gasteiger partial charge on any atom is 0.258 e. The number of hydrogen-bond acceptors (Lipinski definition) is 5. The van der Waals surface area contributed by atoms with Gasteiger partial charge in [0.25, 0.3) is 6.29 Å². The van der Waals surface area contributed by atoms with Crippen molar-refractivity contribution >= 4 is 6.08 Å². The summed E-state index contributed by atoms with van der Waals surface area (Å²) in [5.41, 5.74) is 2.01. The van der Waals surface area contributed by atoms with E-state index in [1.165, 1.54) is 0 Å². The first-order valence-corrected chi connectivity index (χ1v) is 6.73. The topological polar surface area (TPSA) is 56.0 Å². The van der Waals surface area contributed by atoms with Crippen molar-refractivity contribution in [3.8, 4) is 11.5 Å². The molecule has 0 aromatic heterocycles. The summed E-state index contributed by atoms with van der Waals surface area (Å²) >= 11 is 0. The molecule has 2 heterocycles. The van der Waals surface area contributed by atoms with Crippen LogP contribution in [0.2, 0.25) is 0 Å². The van der Waals surface area contributed by atoms with Crippen LogP contribution in [0.3, 0.4) is 0 Å². The molecule has 2 fully saturated rings. The number of epoxide rings is 1. The minimum atomic E-state index is -0.234. The van der Waals surface area contributed by atoms with E-state index in [2.05, 4.69) is 9.78 Å². The molecular weight excluding hydrogens is 260 g/mol. The van der Waals surface area contributed by atoms with Gasteiger partial charge in [0.05, 0.1) is 6.61 Å². The average Bonchev–Trinajstić information content (AvgIpc) is 3.31. The molecule has 20 heavy (non-hydrogen) atoms. The van der Waals surface area contributed by atoms with Crippen LogP contribution in [0.5, 0.6) is 11.5 Å². The summed E-state index contributed by atoms with van der Waals surface area (Å²) in [6.07, 6.45) is 3.98. The molecule has 5 nitrogen and oxygen atoms in total. The Bertz CT molecular complexity index is 503. The van der Waals surface area contributed by atoms with E-state index in [9.17, 15) is 0 Å². The molecule has 3 rings (SSSR count). The fourth-order valence-electron chi connectivity index (χ4n) is 1.87. The second-order valence-electron chi connectivity index (χ2n) is 4.85. The number of hydrogen-bond donors (Lipinski definition) is 0. The Balaban J connectivity index is 1.74. The molecule has 1 atom stereocenters. The summed E-state index contributed by atoms with van der Waals surface area (Å²) in [6, 6.07) is 3.96. The van der Waals surface area contributed by atoms with Crippen LogP contribution in [0.15, 0.2) is 18.2 Å². The van der Waals surface area contributed by atoms with Crippen LogP contribution in [-0.2, 0) is 14.5 Å². The van der Waals surface area contributed by atoms with Gasteiger partial charge < -0.3 is 14.2 Å². The standard InChI is InChI=1S/C15H18O5/c1-3-4-11-6-13(18-9-15-19-20-15)10(2)5-14(11)17-8-12-7-16-12/h3-6,12,15H,7-9H2,1-2H3/b4-3+. The van der Waals surface area contributed by atoms with Crippen molar-refractivity contribution in [1.82, 2.24) is 0 Å². The van der Waals surface area contributed by atoms with Crippen molar-refractivity contribution in [2.45, 2.75) is 26.2 Å². The third-order valence-electron chi connectivity index (χ3n) is 3.09. The summed E-state index contributed by atoms with van der Waals surface area (Å²) in [4.78, 5) is 9.33. The van der Waals surface area contributed by atoms with Gasteiger partial charge in [-0.15, -0.1) is 0 Å². The monoisotopic (exact) mass is 278 g/mol. The van der Waals surface area contributed by atoms with Gasteiger partial charge >= 0.3 is 0 Å². The molecule has 0 saturated carbocycles. The second kappa shape index (κ2) is 5.83. The largest absolute Gasteiger partial charge is 0.490 e. The van der Waals surface area contributed by atoms with E-state index in [4.69, 9.17) is 14.2 Å². The van der Waals surface area contributed by atoms with E-state index in [1.807, 2.05) is 38.1 Å². The molecule has 1 aromatic rings. The minimum absolute atomic E-state index is 0.234. The van der Waals surface area contributed by atoms with Crippen LogP contribution in [0.25, 0.3) is 6.08 Å². The highest BCUT2D eigenvalue weighted by Gasteiger charge is 2.27. The van der Waals surface area contributed by atoms with Crippen LogP contribution in [0.4, 0.5) is 0 Å². The first kappa shape index (κ1) is 13.4. The molecular formula is C15H18O5. The Labute approximate surface area is 118 Å². The van der Waals surface area contributed by atoms with Gasteiger partial charge in [-0.1, -0.05) is 12.2 Å². The summed E-state index contributed by atoms with van der Waals surface area (Å²) in [5, 5.41) is 0. The number of rotatable bonds is 7. The zero-order valence-corrected chi connectivity index (χ0v) is 11.6. The third kappa shape index (κ3) is 3.50. The predicted octanol–water partition coefficient (Wildman–Crippen LogP) is 2.47. The summed E-state index contributed by atoms with van der Waals surface area (Å²) in [5.74, 6) is 1.66. The molecule has 0 bridgehead atoms. The Morgan fingerprint density at radius 3 is 2.60 bits per heavy atom. The van der Waals surface area contributed by atoms with Crippen LogP contribution in [0.1, 0.15) is 18.1 Å². The van der Waals surface area contributed by atoms with Gasteiger partial charge in [0.1, 0.15) is 30.8 Å². The first-order chi connectivity index (χ1) is 9.76. The van der Waals surface area contributed by atoms with E-state index < -0.39 is 0 Å². The normalized spacial score (nSPS) is 21.2. The lowest BCUT2D eigenvalue weighted by molar-refractivity contribution is 0.0850.